The Morgan fingerprint density at radius 1 is 1.24 bits per heavy atom. The van der Waals surface area contributed by atoms with E-state index in [9.17, 15) is 14.0 Å². The third-order valence-electron chi connectivity index (χ3n) is 5.04. The highest BCUT2D eigenvalue weighted by Gasteiger charge is 2.22. The molecule has 0 radical (unpaired) electrons. The molecular formula is C20H26FN5O2S. The predicted octanol–water partition coefficient (Wildman–Crippen LogP) is 2.97. The zero-order chi connectivity index (χ0) is 20.8. The van der Waals surface area contributed by atoms with Crippen LogP contribution in [0.5, 0.6) is 0 Å². The van der Waals surface area contributed by atoms with Crippen molar-refractivity contribution < 1.29 is 14.0 Å². The van der Waals surface area contributed by atoms with Gasteiger partial charge >= 0.3 is 0 Å². The van der Waals surface area contributed by atoms with Crippen molar-refractivity contribution in [3.63, 3.8) is 0 Å². The molecule has 7 nitrogen and oxygen atoms in total. The minimum Gasteiger partial charge on any atom is -0.342 e. The summed E-state index contributed by atoms with van der Waals surface area (Å²) in [6, 6.07) is 6.01. The van der Waals surface area contributed by atoms with Crippen molar-refractivity contribution >= 4 is 29.3 Å². The number of amides is 2. The number of halogens is 1. The van der Waals surface area contributed by atoms with Crippen molar-refractivity contribution in [2.45, 2.75) is 44.8 Å². The van der Waals surface area contributed by atoms with Gasteiger partial charge in [-0.15, -0.1) is 10.2 Å². The van der Waals surface area contributed by atoms with Gasteiger partial charge in [-0.2, -0.15) is 0 Å². The fourth-order valence-electron chi connectivity index (χ4n) is 3.25. The first kappa shape index (κ1) is 21.3. The maximum atomic E-state index is 13.7. The van der Waals surface area contributed by atoms with Gasteiger partial charge in [0.2, 0.25) is 11.8 Å². The Morgan fingerprint density at radius 3 is 2.66 bits per heavy atom. The van der Waals surface area contributed by atoms with Gasteiger partial charge in [0.15, 0.2) is 5.16 Å². The van der Waals surface area contributed by atoms with Crippen LogP contribution >= 0.6 is 11.8 Å². The second kappa shape index (κ2) is 9.87. The lowest BCUT2D eigenvalue weighted by Crippen LogP contribution is -2.38. The third kappa shape index (κ3) is 5.56. The molecule has 1 aromatic heterocycles. The van der Waals surface area contributed by atoms with Gasteiger partial charge < -0.3 is 14.8 Å². The number of para-hydroxylation sites is 1. The highest BCUT2D eigenvalue weighted by Crippen LogP contribution is 2.21. The van der Waals surface area contributed by atoms with E-state index in [2.05, 4.69) is 22.4 Å². The van der Waals surface area contributed by atoms with Gasteiger partial charge in [0, 0.05) is 19.6 Å². The number of nitrogens with zero attached hydrogens (tertiary/aromatic N) is 4. The number of piperidine rings is 1. The summed E-state index contributed by atoms with van der Waals surface area (Å²) in [7, 11) is 0. The summed E-state index contributed by atoms with van der Waals surface area (Å²) in [5.74, 6) is 0.711. The van der Waals surface area contributed by atoms with Crippen molar-refractivity contribution in [1.29, 1.82) is 0 Å². The Labute approximate surface area is 174 Å². The van der Waals surface area contributed by atoms with Gasteiger partial charge in [0.25, 0.3) is 0 Å². The molecule has 29 heavy (non-hydrogen) atoms. The molecule has 0 unspecified atom stereocenters. The molecule has 2 heterocycles. The van der Waals surface area contributed by atoms with Crippen LogP contribution in [0.4, 0.5) is 10.1 Å². The average molecular weight is 420 g/mol. The molecule has 1 aliphatic rings. The van der Waals surface area contributed by atoms with Gasteiger partial charge in [-0.25, -0.2) is 4.39 Å². The number of anilines is 1. The molecule has 0 bridgehead atoms. The first-order chi connectivity index (χ1) is 14.0. The lowest BCUT2D eigenvalue weighted by atomic mass is 9.99. The molecule has 0 spiro atoms. The van der Waals surface area contributed by atoms with Gasteiger partial charge in [0.05, 0.1) is 17.9 Å². The van der Waals surface area contributed by atoms with Crippen molar-refractivity contribution in [1.82, 2.24) is 19.7 Å². The summed E-state index contributed by atoms with van der Waals surface area (Å²) in [6.07, 6.45) is 2.07. The summed E-state index contributed by atoms with van der Waals surface area (Å²) in [5.41, 5.74) is 0.135. The number of thioether (sulfide) groups is 1. The fourth-order valence-corrected chi connectivity index (χ4v) is 4.17. The number of likely N-dealkylation sites (tertiary alicyclic amines) is 1. The maximum Gasteiger partial charge on any atom is 0.233 e. The van der Waals surface area contributed by atoms with Crippen LogP contribution in [0.15, 0.2) is 29.4 Å². The minimum absolute atomic E-state index is 0.0201. The fraction of sp³-hybridized carbons (Fsp3) is 0.500. The number of aromatic nitrogens is 3. The van der Waals surface area contributed by atoms with Crippen LogP contribution in [0.2, 0.25) is 0 Å². The number of carbonyl (C=O) groups excluding carboxylic acids is 2. The van der Waals surface area contributed by atoms with Gasteiger partial charge in [-0.3, -0.25) is 9.59 Å². The van der Waals surface area contributed by atoms with E-state index in [1.165, 1.54) is 23.9 Å². The maximum absolute atomic E-state index is 13.7. The van der Waals surface area contributed by atoms with E-state index in [1.54, 1.807) is 12.1 Å². The number of rotatable bonds is 7. The molecule has 9 heteroatoms. The predicted molar refractivity (Wildman–Crippen MR) is 110 cm³/mol. The zero-order valence-corrected chi connectivity index (χ0v) is 17.5. The van der Waals surface area contributed by atoms with E-state index in [0.29, 0.717) is 29.2 Å². The largest absolute Gasteiger partial charge is 0.342 e. The highest BCUT2D eigenvalue weighted by molar-refractivity contribution is 7.99. The van der Waals surface area contributed by atoms with Crippen molar-refractivity contribution in [3.8, 4) is 0 Å². The van der Waals surface area contributed by atoms with E-state index in [0.717, 1.165) is 25.9 Å². The molecule has 1 N–H and O–H groups in total. The zero-order valence-electron chi connectivity index (χ0n) is 16.7. The second-order valence-electron chi connectivity index (χ2n) is 7.20. The quantitative estimate of drug-likeness (QED) is 0.698. The molecule has 0 atom stereocenters. The molecule has 2 amide bonds. The number of hydrogen-bond acceptors (Lipinski definition) is 5. The van der Waals surface area contributed by atoms with Crippen molar-refractivity contribution in [2.75, 3.05) is 24.2 Å². The van der Waals surface area contributed by atoms with Gasteiger partial charge in [-0.1, -0.05) is 30.8 Å². The second-order valence-corrected chi connectivity index (χ2v) is 8.14. The van der Waals surface area contributed by atoms with E-state index in [4.69, 9.17) is 0 Å². The van der Waals surface area contributed by atoms with E-state index < -0.39 is 5.82 Å². The first-order valence-corrected chi connectivity index (χ1v) is 10.8. The Bertz CT molecular complexity index is 864. The Balaban J connectivity index is 1.57. The summed E-state index contributed by atoms with van der Waals surface area (Å²) in [4.78, 5) is 26.6. The van der Waals surface area contributed by atoms with Crippen LogP contribution in [0.25, 0.3) is 0 Å². The molecule has 2 aromatic rings. The van der Waals surface area contributed by atoms with Crippen LogP contribution in [0, 0.1) is 11.7 Å². The van der Waals surface area contributed by atoms with Crippen LogP contribution in [-0.4, -0.2) is 50.3 Å². The minimum atomic E-state index is -0.486. The summed E-state index contributed by atoms with van der Waals surface area (Å²) in [6.45, 7) is 6.34. The number of benzene rings is 1. The molecule has 1 aromatic carbocycles. The van der Waals surface area contributed by atoms with Crippen LogP contribution in [0.1, 0.15) is 32.5 Å². The molecular weight excluding hydrogens is 393 g/mol. The summed E-state index contributed by atoms with van der Waals surface area (Å²) < 4.78 is 15.5. The average Bonchev–Trinajstić information content (AvgIpc) is 3.09. The van der Waals surface area contributed by atoms with Crippen molar-refractivity contribution in [2.24, 2.45) is 5.92 Å². The van der Waals surface area contributed by atoms with E-state index in [1.807, 2.05) is 16.4 Å². The lowest BCUT2D eigenvalue weighted by Gasteiger charge is -2.30. The first-order valence-electron chi connectivity index (χ1n) is 9.85. The molecule has 0 aliphatic carbocycles. The molecule has 1 aliphatic heterocycles. The third-order valence-corrected chi connectivity index (χ3v) is 5.99. The lowest BCUT2D eigenvalue weighted by molar-refractivity contribution is -0.129. The van der Waals surface area contributed by atoms with Crippen LogP contribution in [-0.2, 0) is 22.6 Å². The summed E-state index contributed by atoms with van der Waals surface area (Å²) >= 11 is 1.33. The molecule has 1 fully saturated rings. The SMILES string of the molecule is CCn1c(CC(=O)Nc2ccccc2F)nnc1SCC(=O)N1CCC(C)CC1. The summed E-state index contributed by atoms with van der Waals surface area (Å²) in [5, 5.41) is 11.4. The number of nitrogens with one attached hydrogen (secondary N) is 1. The van der Waals surface area contributed by atoms with Crippen LogP contribution in [0.3, 0.4) is 0 Å². The van der Waals surface area contributed by atoms with Gasteiger partial charge in [-0.05, 0) is 37.8 Å². The van der Waals surface area contributed by atoms with Gasteiger partial charge in [0.1, 0.15) is 11.6 Å². The normalized spacial score (nSPS) is 14.8. The molecule has 3 rings (SSSR count). The molecule has 0 saturated carbocycles. The Hall–Kier alpha value is -2.42. The van der Waals surface area contributed by atoms with E-state index in [-0.39, 0.29) is 23.9 Å². The topological polar surface area (TPSA) is 80.1 Å². The highest BCUT2D eigenvalue weighted by atomic mass is 32.2. The Kier molecular flexibility index (Phi) is 7.24. The van der Waals surface area contributed by atoms with Crippen LogP contribution < -0.4 is 5.32 Å². The smallest absolute Gasteiger partial charge is 0.233 e. The molecule has 1 saturated heterocycles. The number of hydrogen-bond donors (Lipinski definition) is 1. The molecule has 156 valence electrons. The standard InChI is InChI=1S/C20H26FN5O2S/c1-3-26-17(12-18(27)22-16-7-5-4-6-15(16)21)23-24-20(26)29-13-19(28)25-10-8-14(2)9-11-25/h4-7,14H,3,8-13H2,1-2H3,(H,22,27). The Morgan fingerprint density at radius 2 is 1.97 bits per heavy atom. The number of carbonyl (C=O) groups is 2. The monoisotopic (exact) mass is 419 g/mol. The van der Waals surface area contributed by atoms with Crippen molar-refractivity contribution in [3.05, 3.63) is 35.9 Å². The van der Waals surface area contributed by atoms with E-state index >= 15 is 0 Å².